The molecule has 0 heterocycles. The van der Waals surface area contributed by atoms with Crippen molar-refractivity contribution >= 4 is 5.97 Å². The molecule has 3 rings (SSSR count). The van der Waals surface area contributed by atoms with Gasteiger partial charge in [0.15, 0.2) is 12.2 Å². The van der Waals surface area contributed by atoms with Gasteiger partial charge in [-0.2, -0.15) is 0 Å². The van der Waals surface area contributed by atoms with Crippen molar-refractivity contribution in [3.05, 3.63) is 96.8 Å². The van der Waals surface area contributed by atoms with Gasteiger partial charge in [0.1, 0.15) is 28.8 Å². The van der Waals surface area contributed by atoms with E-state index >= 15 is 0 Å². The molecule has 0 aliphatic rings. The van der Waals surface area contributed by atoms with E-state index in [1.807, 2.05) is 61.5 Å². The lowest BCUT2D eigenvalue weighted by atomic mass is 10.1. The summed E-state index contributed by atoms with van der Waals surface area (Å²) in [6, 6.07) is 24.0. The van der Waals surface area contributed by atoms with Crippen LogP contribution in [0.3, 0.4) is 0 Å². The van der Waals surface area contributed by atoms with Crippen LogP contribution in [0.5, 0.6) is 23.0 Å². The average molecular weight is 434 g/mol. The molecular formula is C26H26O6. The summed E-state index contributed by atoms with van der Waals surface area (Å²) in [5.41, 5.74) is 0.833. The third-order valence-electron chi connectivity index (χ3n) is 4.72. The highest BCUT2D eigenvalue weighted by Crippen LogP contribution is 2.25. The smallest absolute Gasteiger partial charge is 0.333 e. The zero-order chi connectivity index (χ0) is 22.9. The highest BCUT2D eigenvalue weighted by Gasteiger charge is 2.17. The molecule has 3 aromatic carbocycles. The number of carboxylic acid groups (broad SMARTS) is 1. The fourth-order valence-corrected chi connectivity index (χ4v) is 2.89. The van der Waals surface area contributed by atoms with Gasteiger partial charge in [-0.3, -0.25) is 0 Å². The number of aliphatic carboxylic acids is 1. The number of benzene rings is 3. The minimum absolute atomic E-state index is 0.274. The van der Waals surface area contributed by atoms with Crippen LogP contribution in [0.4, 0.5) is 0 Å². The molecule has 0 spiro atoms. The Morgan fingerprint density at radius 1 is 0.875 bits per heavy atom. The summed E-state index contributed by atoms with van der Waals surface area (Å²) in [5.74, 6) is 2.19. The highest BCUT2D eigenvalue weighted by atomic mass is 16.5. The van der Waals surface area contributed by atoms with Crippen LogP contribution in [0.1, 0.15) is 12.5 Å². The van der Waals surface area contributed by atoms with Gasteiger partial charge in [0.05, 0.1) is 0 Å². The summed E-state index contributed by atoms with van der Waals surface area (Å²) in [5, 5.41) is 9.09. The topological polar surface area (TPSA) is 74.2 Å². The third-order valence-corrected chi connectivity index (χ3v) is 4.72. The second kappa shape index (κ2) is 11.0. The molecule has 0 fully saturated rings. The maximum Gasteiger partial charge on any atom is 0.333 e. The molecule has 0 aliphatic heterocycles. The van der Waals surface area contributed by atoms with Crippen LogP contribution in [0, 0.1) is 0 Å². The van der Waals surface area contributed by atoms with E-state index in [0.717, 1.165) is 11.3 Å². The minimum atomic E-state index is -0.994. The van der Waals surface area contributed by atoms with E-state index in [0.29, 0.717) is 23.0 Å². The minimum Gasteiger partial charge on any atom is -0.483 e. The molecule has 1 N–H and O–H groups in total. The first kappa shape index (κ1) is 22.9. The van der Waals surface area contributed by atoms with Crippen LogP contribution in [0.2, 0.25) is 0 Å². The molecule has 0 unspecified atom stereocenters. The number of rotatable bonds is 11. The first-order chi connectivity index (χ1) is 15.4. The maximum atomic E-state index is 11.1. The Bertz CT molecular complexity index is 1010. The van der Waals surface area contributed by atoms with Crippen molar-refractivity contribution in [3.8, 4) is 23.0 Å². The first-order valence-electron chi connectivity index (χ1n) is 10.2. The van der Waals surface area contributed by atoms with Crippen LogP contribution >= 0.6 is 0 Å². The van der Waals surface area contributed by atoms with Crippen LogP contribution < -0.4 is 14.2 Å². The van der Waals surface area contributed by atoms with Gasteiger partial charge in [0, 0.05) is 13.5 Å². The predicted molar refractivity (Wildman–Crippen MR) is 121 cm³/mol. The Labute approximate surface area is 187 Å². The molecule has 0 aromatic heterocycles. The number of hydrogen-bond donors (Lipinski definition) is 1. The van der Waals surface area contributed by atoms with Crippen molar-refractivity contribution in [2.24, 2.45) is 0 Å². The summed E-state index contributed by atoms with van der Waals surface area (Å²) in [6.07, 6.45) is -0.994. The highest BCUT2D eigenvalue weighted by molar-refractivity contribution is 5.72. The maximum absolute atomic E-state index is 11.1. The third kappa shape index (κ3) is 6.62. The SMILES string of the molecule is C=C(Oc1ccc(C[C@H](OC)C(=O)O)cc1)[C@@H](C)Oc1ccc(Oc2ccccc2)cc1. The second-order valence-corrected chi connectivity index (χ2v) is 7.13. The lowest BCUT2D eigenvalue weighted by Crippen LogP contribution is -2.24. The zero-order valence-electron chi connectivity index (χ0n) is 18.1. The fraction of sp³-hybridized carbons (Fsp3) is 0.192. The average Bonchev–Trinajstić information content (AvgIpc) is 2.80. The molecule has 0 radical (unpaired) electrons. The largest absolute Gasteiger partial charge is 0.483 e. The molecule has 6 heteroatoms. The monoisotopic (exact) mass is 434 g/mol. The quantitative estimate of drug-likeness (QED) is 0.403. The summed E-state index contributed by atoms with van der Waals surface area (Å²) in [7, 11) is 1.38. The first-order valence-corrected chi connectivity index (χ1v) is 10.2. The van der Waals surface area contributed by atoms with Crippen LogP contribution in [0.25, 0.3) is 0 Å². The lowest BCUT2D eigenvalue weighted by molar-refractivity contribution is -0.148. The number of methoxy groups -OCH3 is 1. The fourth-order valence-electron chi connectivity index (χ4n) is 2.89. The Kier molecular flexibility index (Phi) is 7.89. The molecule has 0 amide bonds. The number of para-hydroxylation sites is 1. The molecule has 3 aromatic rings. The molecule has 0 saturated heterocycles. The summed E-state index contributed by atoms with van der Waals surface area (Å²) in [4.78, 5) is 11.1. The van der Waals surface area contributed by atoms with Gasteiger partial charge < -0.3 is 24.1 Å². The molecule has 0 saturated carbocycles. The van der Waals surface area contributed by atoms with Crippen molar-refractivity contribution in [3.63, 3.8) is 0 Å². The van der Waals surface area contributed by atoms with Crippen molar-refractivity contribution in [2.75, 3.05) is 7.11 Å². The molecule has 2 atom stereocenters. The lowest BCUT2D eigenvalue weighted by Gasteiger charge is -2.18. The normalized spacial score (nSPS) is 12.4. The Morgan fingerprint density at radius 3 is 2.03 bits per heavy atom. The Balaban J connectivity index is 1.51. The van der Waals surface area contributed by atoms with Crippen molar-refractivity contribution in [1.29, 1.82) is 0 Å². The molecule has 0 aliphatic carbocycles. The number of ether oxygens (including phenoxy) is 4. The van der Waals surface area contributed by atoms with E-state index in [1.165, 1.54) is 7.11 Å². The van der Waals surface area contributed by atoms with E-state index in [9.17, 15) is 4.79 Å². The summed E-state index contributed by atoms with van der Waals surface area (Å²) >= 11 is 0. The number of carboxylic acids is 1. The molecule has 166 valence electrons. The molecular weight excluding hydrogens is 408 g/mol. The summed E-state index contributed by atoms with van der Waals surface area (Å²) in [6.45, 7) is 5.81. The van der Waals surface area contributed by atoms with E-state index in [1.54, 1.807) is 24.3 Å². The number of carbonyl (C=O) groups is 1. The van der Waals surface area contributed by atoms with Crippen LogP contribution in [-0.4, -0.2) is 30.4 Å². The standard InChI is InChI=1S/C26H26O6/c1-18(30-22-11-9-20(10-12-22)17-25(29-3)26(27)28)19(2)31-23-13-15-24(16-14-23)32-21-7-5-4-6-8-21/h4-16,19,25H,1,17H2,2-3H3,(H,27,28)/t19-,25+/m1/s1. The Morgan fingerprint density at radius 2 is 1.44 bits per heavy atom. The Hall–Kier alpha value is -3.77. The van der Waals surface area contributed by atoms with Gasteiger partial charge in [-0.05, 0) is 61.0 Å². The van der Waals surface area contributed by atoms with Gasteiger partial charge in [0.2, 0.25) is 0 Å². The van der Waals surface area contributed by atoms with Crippen molar-refractivity contribution < 1.29 is 28.8 Å². The van der Waals surface area contributed by atoms with Gasteiger partial charge in [-0.15, -0.1) is 0 Å². The van der Waals surface area contributed by atoms with Gasteiger partial charge in [0.25, 0.3) is 0 Å². The van der Waals surface area contributed by atoms with Crippen molar-refractivity contribution in [1.82, 2.24) is 0 Å². The second-order valence-electron chi connectivity index (χ2n) is 7.13. The predicted octanol–water partition coefficient (Wildman–Crippen LogP) is 5.48. The van der Waals surface area contributed by atoms with Crippen LogP contribution in [0.15, 0.2) is 91.2 Å². The van der Waals surface area contributed by atoms with Crippen molar-refractivity contribution in [2.45, 2.75) is 25.6 Å². The van der Waals surface area contributed by atoms with Gasteiger partial charge in [-0.1, -0.05) is 36.9 Å². The van der Waals surface area contributed by atoms with E-state index in [-0.39, 0.29) is 12.5 Å². The zero-order valence-corrected chi connectivity index (χ0v) is 18.1. The van der Waals surface area contributed by atoms with Gasteiger partial charge in [-0.25, -0.2) is 4.79 Å². The number of hydrogen-bond acceptors (Lipinski definition) is 5. The van der Waals surface area contributed by atoms with E-state index in [2.05, 4.69) is 6.58 Å². The summed E-state index contributed by atoms with van der Waals surface area (Å²) < 4.78 is 22.4. The van der Waals surface area contributed by atoms with E-state index < -0.39 is 12.1 Å². The van der Waals surface area contributed by atoms with Crippen LogP contribution in [-0.2, 0) is 16.0 Å². The molecule has 0 bridgehead atoms. The van der Waals surface area contributed by atoms with E-state index in [4.69, 9.17) is 24.1 Å². The molecule has 32 heavy (non-hydrogen) atoms. The van der Waals surface area contributed by atoms with Gasteiger partial charge >= 0.3 is 5.97 Å². The molecule has 6 nitrogen and oxygen atoms in total.